The maximum Gasteiger partial charge on any atom is 0.446 e. The maximum atomic E-state index is 12.5. The monoisotopic (exact) mass is 298 g/mol. The summed E-state index contributed by atoms with van der Waals surface area (Å²) in [6, 6.07) is 4.94. The summed E-state index contributed by atoms with van der Waals surface area (Å²) in [5, 5.41) is 0. The number of benzene rings is 1. The van der Waals surface area contributed by atoms with Gasteiger partial charge in [0.1, 0.15) is 5.75 Å². The third-order valence-electron chi connectivity index (χ3n) is 2.16. The van der Waals surface area contributed by atoms with Gasteiger partial charge >= 0.3 is 5.51 Å². The van der Waals surface area contributed by atoms with E-state index >= 15 is 0 Å². The molecule has 0 aliphatic heterocycles. The van der Waals surface area contributed by atoms with Crippen molar-refractivity contribution >= 4 is 23.4 Å². The van der Waals surface area contributed by atoms with Crippen molar-refractivity contribution in [3.63, 3.8) is 0 Å². The highest BCUT2D eigenvalue weighted by molar-refractivity contribution is 8.00. The second-order valence-corrected chi connectivity index (χ2v) is 4.97. The summed E-state index contributed by atoms with van der Waals surface area (Å²) in [5.41, 5.74) is -3.69. The van der Waals surface area contributed by atoms with Crippen LogP contribution in [0.4, 0.5) is 13.2 Å². The summed E-state index contributed by atoms with van der Waals surface area (Å²) in [7, 11) is 0. The van der Waals surface area contributed by atoms with Crippen LogP contribution in [0.15, 0.2) is 23.1 Å². The average Bonchev–Trinajstić information content (AvgIpc) is 2.28. The van der Waals surface area contributed by atoms with Gasteiger partial charge in [-0.2, -0.15) is 13.2 Å². The standard InChI is InChI=1S/C12H14ClF3OS/c1-2-17-10-7-3-5-9(6-4-8-13)11(10)18-12(14,15)16/h3,5,7H,2,4,6,8H2,1H3. The van der Waals surface area contributed by atoms with Crippen LogP contribution >= 0.6 is 23.4 Å². The first-order chi connectivity index (χ1) is 8.48. The minimum atomic E-state index is -4.32. The highest BCUT2D eigenvalue weighted by Gasteiger charge is 2.32. The van der Waals surface area contributed by atoms with Gasteiger partial charge in [0.05, 0.1) is 11.5 Å². The van der Waals surface area contributed by atoms with Crippen LogP contribution in [0, 0.1) is 0 Å². The molecule has 102 valence electrons. The fourth-order valence-electron chi connectivity index (χ4n) is 1.52. The number of thioether (sulfide) groups is 1. The van der Waals surface area contributed by atoms with E-state index in [0.717, 1.165) is 0 Å². The van der Waals surface area contributed by atoms with E-state index in [9.17, 15) is 13.2 Å². The molecule has 0 aliphatic carbocycles. The zero-order valence-electron chi connectivity index (χ0n) is 9.89. The van der Waals surface area contributed by atoms with Gasteiger partial charge in [0, 0.05) is 5.88 Å². The molecule has 0 heterocycles. The summed E-state index contributed by atoms with van der Waals surface area (Å²) < 4.78 is 42.9. The van der Waals surface area contributed by atoms with Crippen LogP contribution < -0.4 is 4.74 Å². The molecule has 0 radical (unpaired) electrons. The first-order valence-corrected chi connectivity index (χ1v) is 6.89. The van der Waals surface area contributed by atoms with Crippen LogP contribution in [0.5, 0.6) is 5.75 Å². The van der Waals surface area contributed by atoms with Gasteiger partial charge in [0.2, 0.25) is 0 Å². The van der Waals surface area contributed by atoms with Crippen LogP contribution in [0.3, 0.4) is 0 Å². The lowest BCUT2D eigenvalue weighted by Gasteiger charge is -2.15. The van der Waals surface area contributed by atoms with E-state index in [4.69, 9.17) is 16.3 Å². The Morgan fingerprint density at radius 2 is 2.06 bits per heavy atom. The summed E-state index contributed by atoms with van der Waals surface area (Å²) in [4.78, 5) is 0.150. The Bertz CT molecular complexity index is 382. The second kappa shape index (κ2) is 7.14. The molecule has 18 heavy (non-hydrogen) atoms. The van der Waals surface area contributed by atoms with Crippen molar-refractivity contribution in [2.45, 2.75) is 30.2 Å². The van der Waals surface area contributed by atoms with E-state index in [1.165, 1.54) is 0 Å². The highest BCUT2D eigenvalue weighted by atomic mass is 35.5. The number of aryl methyl sites for hydroxylation is 1. The van der Waals surface area contributed by atoms with Gasteiger partial charge in [-0.25, -0.2) is 0 Å². The fraction of sp³-hybridized carbons (Fsp3) is 0.500. The molecule has 0 bridgehead atoms. The third-order valence-corrected chi connectivity index (χ3v) is 3.32. The lowest BCUT2D eigenvalue weighted by atomic mass is 10.1. The maximum absolute atomic E-state index is 12.5. The van der Waals surface area contributed by atoms with Crippen molar-refractivity contribution in [2.75, 3.05) is 12.5 Å². The smallest absolute Gasteiger partial charge is 0.446 e. The molecule has 0 unspecified atom stereocenters. The molecule has 1 rings (SSSR count). The number of hydrogen-bond acceptors (Lipinski definition) is 2. The number of alkyl halides is 4. The minimum absolute atomic E-state index is 0.124. The van der Waals surface area contributed by atoms with E-state index in [1.54, 1.807) is 25.1 Å². The molecule has 0 amide bonds. The quantitative estimate of drug-likeness (QED) is 0.547. The molecule has 0 aliphatic rings. The molecular weight excluding hydrogens is 285 g/mol. The van der Waals surface area contributed by atoms with Gasteiger partial charge in [-0.3, -0.25) is 0 Å². The van der Waals surface area contributed by atoms with Crippen molar-refractivity contribution < 1.29 is 17.9 Å². The van der Waals surface area contributed by atoms with Crippen LogP contribution in [-0.2, 0) is 6.42 Å². The van der Waals surface area contributed by atoms with E-state index in [1.807, 2.05) is 0 Å². The van der Waals surface area contributed by atoms with Gasteiger partial charge in [0.25, 0.3) is 0 Å². The molecule has 6 heteroatoms. The Labute approximate surface area is 114 Å². The number of rotatable bonds is 6. The van der Waals surface area contributed by atoms with E-state index in [-0.39, 0.29) is 22.4 Å². The average molecular weight is 299 g/mol. The molecular formula is C12H14ClF3OS. The SMILES string of the molecule is CCOc1cccc(CCCCl)c1SC(F)(F)F. The molecule has 0 atom stereocenters. The molecule has 1 nitrogen and oxygen atoms in total. The predicted molar refractivity (Wildman–Crippen MR) is 68.6 cm³/mol. The molecule has 1 aromatic rings. The van der Waals surface area contributed by atoms with Gasteiger partial charge in [-0.15, -0.1) is 11.6 Å². The van der Waals surface area contributed by atoms with Crippen molar-refractivity contribution in [3.8, 4) is 5.75 Å². The Morgan fingerprint density at radius 1 is 1.33 bits per heavy atom. The summed E-state index contributed by atoms with van der Waals surface area (Å²) in [5.74, 6) is 0.710. The topological polar surface area (TPSA) is 9.23 Å². The first-order valence-electron chi connectivity index (χ1n) is 5.54. The lowest BCUT2D eigenvalue weighted by molar-refractivity contribution is -0.0329. The van der Waals surface area contributed by atoms with Crippen LogP contribution in [0.25, 0.3) is 0 Å². The van der Waals surface area contributed by atoms with Crippen LogP contribution in [-0.4, -0.2) is 18.0 Å². The van der Waals surface area contributed by atoms with Gasteiger partial charge in [-0.1, -0.05) is 12.1 Å². The normalized spacial score (nSPS) is 11.6. The highest BCUT2D eigenvalue weighted by Crippen LogP contribution is 2.43. The van der Waals surface area contributed by atoms with E-state index in [2.05, 4.69) is 0 Å². The van der Waals surface area contributed by atoms with Crippen LogP contribution in [0.2, 0.25) is 0 Å². The number of halogens is 4. The summed E-state index contributed by atoms with van der Waals surface area (Å²) in [6.45, 7) is 2.08. The Balaban J connectivity index is 3.03. The zero-order valence-corrected chi connectivity index (χ0v) is 11.5. The van der Waals surface area contributed by atoms with Crippen molar-refractivity contribution in [1.82, 2.24) is 0 Å². The largest absolute Gasteiger partial charge is 0.493 e. The van der Waals surface area contributed by atoms with E-state index in [0.29, 0.717) is 30.9 Å². The zero-order chi connectivity index (χ0) is 13.6. The number of hydrogen-bond donors (Lipinski definition) is 0. The second-order valence-electron chi connectivity index (χ2n) is 3.52. The van der Waals surface area contributed by atoms with Gasteiger partial charge in [-0.05, 0) is 43.2 Å². The molecule has 0 spiro atoms. The van der Waals surface area contributed by atoms with Gasteiger partial charge < -0.3 is 4.74 Å². The Hall–Kier alpha value is -0.550. The molecule has 0 aromatic heterocycles. The minimum Gasteiger partial charge on any atom is -0.493 e. The first kappa shape index (κ1) is 15.5. The van der Waals surface area contributed by atoms with Crippen molar-refractivity contribution in [3.05, 3.63) is 23.8 Å². The molecule has 0 saturated carbocycles. The molecule has 0 saturated heterocycles. The molecule has 0 fully saturated rings. The molecule has 0 N–H and O–H groups in total. The van der Waals surface area contributed by atoms with E-state index < -0.39 is 5.51 Å². The van der Waals surface area contributed by atoms with Crippen LogP contribution in [0.1, 0.15) is 18.9 Å². The molecule has 1 aromatic carbocycles. The Kier molecular flexibility index (Phi) is 6.15. The summed E-state index contributed by atoms with van der Waals surface area (Å²) >= 11 is 5.45. The lowest BCUT2D eigenvalue weighted by Crippen LogP contribution is -2.04. The number of ether oxygens (including phenoxy) is 1. The predicted octanol–water partition coefficient (Wildman–Crippen LogP) is 4.87. The van der Waals surface area contributed by atoms with Crippen molar-refractivity contribution in [2.24, 2.45) is 0 Å². The summed E-state index contributed by atoms with van der Waals surface area (Å²) in [6.07, 6.45) is 1.16. The van der Waals surface area contributed by atoms with Gasteiger partial charge in [0.15, 0.2) is 0 Å². The van der Waals surface area contributed by atoms with Crippen molar-refractivity contribution in [1.29, 1.82) is 0 Å². The third kappa shape index (κ3) is 4.98. The Morgan fingerprint density at radius 3 is 2.61 bits per heavy atom. The fourth-order valence-corrected chi connectivity index (χ4v) is 2.41.